The van der Waals surface area contributed by atoms with Gasteiger partial charge >= 0.3 is 0 Å². The van der Waals surface area contributed by atoms with Crippen molar-refractivity contribution in [2.24, 2.45) is 0 Å². The van der Waals surface area contributed by atoms with Crippen molar-refractivity contribution in [3.05, 3.63) is 105 Å². The topological polar surface area (TPSA) is 44.3 Å². The Morgan fingerprint density at radius 1 is 1.00 bits per heavy atom. The van der Waals surface area contributed by atoms with E-state index in [2.05, 4.69) is 63.8 Å². The normalized spacial score (nSPS) is 19.0. The fraction of sp³-hybridized carbons (Fsp3) is 0.130. The number of halogens is 2. The molecule has 3 aromatic carbocycles. The quantitative estimate of drug-likeness (QED) is 0.500. The van der Waals surface area contributed by atoms with Gasteiger partial charge in [-0.3, -0.25) is 5.32 Å². The first kappa shape index (κ1) is 18.7. The number of para-hydroxylation sites is 1. The average molecular weight is 439 g/mol. The zero-order valence-corrected chi connectivity index (χ0v) is 16.9. The van der Waals surface area contributed by atoms with E-state index in [1.165, 1.54) is 11.6 Å². The maximum atomic E-state index is 13.7. The Balaban J connectivity index is 1.76. The van der Waals surface area contributed by atoms with E-state index >= 15 is 0 Å². The van der Waals surface area contributed by atoms with Crippen LogP contribution in [0.3, 0.4) is 0 Å². The van der Waals surface area contributed by atoms with Gasteiger partial charge in [0.05, 0.1) is 10.5 Å². The Labute approximate surface area is 172 Å². The highest BCUT2D eigenvalue weighted by Crippen LogP contribution is 2.33. The molecule has 0 saturated carbocycles. The molecule has 28 heavy (non-hydrogen) atoms. The van der Waals surface area contributed by atoms with Gasteiger partial charge in [-0.25, -0.2) is 4.39 Å². The first-order valence-electron chi connectivity index (χ1n) is 9.05. The Morgan fingerprint density at radius 2 is 1.75 bits per heavy atom. The molecule has 0 radical (unpaired) electrons. The van der Waals surface area contributed by atoms with Crippen molar-refractivity contribution in [1.29, 1.82) is 0 Å². The summed E-state index contributed by atoms with van der Waals surface area (Å²) in [5.74, 6) is -0.0634. The van der Waals surface area contributed by atoms with Gasteiger partial charge in [0.1, 0.15) is 17.7 Å². The summed E-state index contributed by atoms with van der Waals surface area (Å²) in [7, 11) is 0. The van der Waals surface area contributed by atoms with Crippen LogP contribution in [-0.2, 0) is 0 Å². The third kappa shape index (κ3) is 3.81. The van der Waals surface area contributed by atoms with Gasteiger partial charge in [-0.15, -0.1) is 0 Å². The standard InChI is InChI=1S/C23H20BrFN2O/c1-14-6-8-15(9-7-14)20-13-21(17-4-2-3-5-22(17)28)27-23(26-20)16-10-11-19(25)18(24)12-16/h2-13,21,23,26-28H,1H3. The van der Waals surface area contributed by atoms with Crippen LogP contribution in [0.4, 0.5) is 4.39 Å². The molecule has 0 saturated heterocycles. The van der Waals surface area contributed by atoms with E-state index in [9.17, 15) is 9.50 Å². The minimum Gasteiger partial charge on any atom is -0.508 e. The van der Waals surface area contributed by atoms with E-state index < -0.39 is 0 Å². The lowest BCUT2D eigenvalue weighted by atomic mass is 9.97. The van der Waals surface area contributed by atoms with Gasteiger partial charge in [0.25, 0.3) is 0 Å². The molecule has 3 aromatic rings. The lowest BCUT2D eigenvalue weighted by Gasteiger charge is -2.33. The third-order valence-corrected chi connectivity index (χ3v) is 5.50. The Hall–Kier alpha value is -2.63. The Morgan fingerprint density at radius 3 is 2.46 bits per heavy atom. The SMILES string of the molecule is Cc1ccc(C2=CC(c3ccccc3O)NC(c3ccc(F)c(Br)c3)N2)cc1. The molecule has 0 aliphatic carbocycles. The molecule has 142 valence electrons. The molecule has 0 bridgehead atoms. The minimum absolute atomic E-state index is 0.201. The monoisotopic (exact) mass is 438 g/mol. The number of rotatable bonds is 3. The molecule has 2 atom stereocenters. The molecule has 3 nitrogen and oxygen atoms in total. The second-order valence-corrected chi connectivity index (χ2v) is 7.75. The summed E-state index contributed by atoms with van der Waals surface area (Å²) in [6.45, 7) is 2.05. The third-order valence-electron chi connectivity index (χ3n) is 4.89. The molecule has 1 aliphatic rings. The van der Waals surface area contributed by atoms with Crippen molar-refractivity contribution in [3.8, 4) is 5.75 Å². The fourth-order valence-electron chi connectivity index (χ4n) is 3.35. The van der Waals surface area contributed by atoms with Crippen LogP contribution in [0, 0.1) is 12.7 Å². The summed E-state index contributed by atoms with van der Waals surface area (Å²) in [5, 5.41) is 17.3. The van der Waals surface area contributed by atoms with Gasteiger partial charge in [0.2, 0.25) is 0 Å². The van der Waals surface area contributed by atoms with Gasteiger partial charge in [-0.1, -0.05) is 54.1 Å². The second-order valence-electron chi connectivity index (χ2n) is 6.90. The predicted molar refractivity (Wildman–Crippen MR) is 113 cm³/mol. The van der Waals surface area contributed by atoms with Crippen molar-refractivity contribution < 1.29 is 9.50 Å². The number of hydrogen-bond donors (Lipinski definition) is 3. The van der Waals surface area contributed by atoms with Crippen molar-refractivity contribution in [1.82, 2.24) is 10.6 Å². The predicted octanol–water partition coefficient (Wildman–Crippen LogP) is 5.58. The molecule has 1 heterocycles. The molecule has 0 amide bonds. The van der Waals surface area contributed by atoms with Gasteiger partial charge in [-0.05, 0) is 58.3 Å². The number of hydrogen-bond acceptors (Lipinski definition) is 3. The molecule has 0 spiro atoms. The van der Waals surface area contributed by atoms with E-state index in [1.807, 2.05) is 12.1 Å². The van der Waals surface area contributed by atoms with Crippen LogP contribution in [0.15, 0.2) is 77.3 Å². The van der Waals surface area contributed by atoms with Crippen LogP contribution in [0.2, 0.25) is 0 Å². The Bertz CT molecular complexity index is 1030. The molecule has 1 aliphatic heterocycles. The second kappa shape index (κ2) is 7.78. The van der Waals surface area contributed by atoms with Gasteiger partial charge in [0.15, 0.2) is 0 Å². The van der Waals surface area contributed by atoms with Crippen molar-refractivity contribution in [2.45, 2.75) is 19.1 Å². The van der Waals surface area contributed by atoms with Crippen molar-refractivity contribution in [2.75, 3.05) is 0 Å². The van der Waals surface area contributed by atoms with E-state index in [-0.39, 0.29) is 23.8 Å². The number of nitrogens with one attached hydrogen (secondary N) is 2. The van der Waals surface area contributed by atoms with Crippen LogP contribution in [0.25, 0.3) is 5.70 Å². The zero-order valence-electron chi connectivity index (χ0n) is 15.3. The molecule has 0 aromatic heterocycles. The molecular weight excluding hydrogens is 419 g/mol. The van der Waals surface area contributed by atoms with Crippen LogP contribution in [0.5, 0.6) is 5.75 Å². The van der Waals surface area contributed by atoms with Gasteiger partial charge < -0.3 is 10.4 Å². The first-order chi connectivity index (χ1) is 13.5. The van der Waals surface area contributed by atoms with Crippen LogP contribution in [0.1, 0.15) is 34.5 Å². The molecule has 4 rings (SSSR count). The molecule has 5 heteroatoms. The molecule has 3 N–H and O–H groups in total. The maximum Gasteiger partial charge on any atom is 0.137 e. The Kier molecular flexibility index (Phi) is 5.20. The maximum absolute atomic E-state index is 13.7. The number of benzene rings is 3. The van der Waals surface area contributed by atoms with Gasteiger partial charge in [-0.2, -0.15) is 0 Å². The number of phenols is 1. The molecule has 0 fully saturated rings. The molecular formula is C23H20BrFN2O. The zero-order chi connectivity index (χ0) is 19.7. The highest BCUT2D eigenvalue weighted by Gasteiger charge is 2.25. The smallest absolute Gasteiger partial charge is 0.137 e. The summed E-state index contributed by atoms with van der Waals surface area (Å²) >= 11 is 3.27. The van der Waals surface area contributed by atoms with Crippen LogP contribution in [-0.4, -0.2) is 5.11 Å². The van der Waals surface area contributed by atoms with Crippen molar-refractivity contribution >= 4 is 21.6 Å². The summed E-state index contributed by atoms with van der Waals surface area (Å²) in [6, 6.07) is 20.3. The highest BCUT2D eigenvalue weighted by atomic mass is 79.9. The van der Waals surface area contributed by atoms with E-state index in [4.69, 9.17) is 0 Å². The average Bonchev–Trinajstić information content (AvgIpc) is 2.70. The van der Waals surface area contributed by atoms with Crippen LogP contribution < -0.4 is 10.6 Å². The minimum atomic E-state index is -0.300. The van der Waals surface area contributed by atoms with Gasteiger partial charge in [0, 0.05) is 11.3 Å². The largest absolute Gasteiger partial charge is 0.508 e. The number of aromatic hydroxyl groups is 1. The van der Waals surface area contributed by atoms with E-state index in [0.29, 0.717) is 4.47 Å². The summed E-state index contributed by atoms with van der Waals surface area (Å²) < 4.78 is 14.1. The molecule has 2 unspecified atom stereocenters. The van der Waals surface area contributed by atoms with E-state index in [1.54, 1.807) is 24.3 Å². The fourth-order valence-corrected chi connectivity index (χ4v) is 3.75. The summed E-state index contributed by atoms with van der Waals surface area (Å²) in [5.41, 5.74) is 4.89. The van der Waals surface area contributed by atoms with Crippen molar-refractivity contribution in [3.63, 3.8) is 0 Å². The lowest BCUT2D eigenvalue weighted by Crippen LogP contribution is -2.39. The lowest BCUT2D eigenvalue weighted by molar-refractivity contribution is 0.418. The summed E-state index contributed by atoms with van der Waals surface area (Å²) in [4.78, 5) is 0. The van der Waals surface area contributed by atoms with E-state index in [0.717, 1.165) is 22.4 Å². The number of aryl methyl sites for hydroxylation is 1. The number of phenolic OH excluding ortho intramolecular Hbond substituents is 1. The van der Waals surface area contributed by atoms with Crippen LogP contribution >= 0.6 is 15.9 Å². The highest BCUT2D eigenvalue weighted by molar-refractivity contribution is 9.10. The summed E-state index contributed by atoms with van der Waals surface area (Å²) in [6.07, 6.45) is 1.82. The first-order valence-corrected chi connectivity index (χ1v) is 9.85.